The summed E-state index contributed by atoms with van der Waals surface area (Å²) in [5.41, 5.74) is 8.34. The smallest absolute Gasteiger partial charge is 0.119 e. The zero-order valence-electron chi connectivity index (χ0n) is 13.4. The lowest BCUT2D eigenvalue weighted by atomic mass is 9.89. The number of ether oxygens (including phenoxy) is 1. The number of nitrogens with two attached hydrogens (primary N) is 1. The number of nitrogens with zero attached hydrogens (tertiary/aromatic N) is 1. The summed E-state index contributed by atoms with van der Waals surface area (Å²) in [6, 6.07) is 7.95. The highest BCUT2D eigenvalue weighted by molar-refractivity contribution is 7.09. The van der Waals surface area contributed by atoms with Crippen molar-refractivity contribution in [2.75, 3.05) is 7.11 Å². The first-order chi connectivity index (χ1) is 9.72. The van der Waals surface area contributed by atoms with E-state index in [-0.39, 0.29) is 5.41 Å². The van der Waals surface area contributed by atoms with Crippen LogP contribution in [0.3, 0.4) is 0 Å². The molecule has 0 radical (unpaired) electrons. The van der Waals surface area contributed by atoms with Gasteiger partial charge in [-0.05, 0) is 24.6 Å². The summed E-state index contributed by atoms with van der Waals surface area (Å²) in [5.74, 6) is 0.832. The topological polar surface area (TPSA) is 48.1 Å². The monoisotopic (exact) mass is 304 g/mol. The Kier molecular flexibility index (Phi) is 4.40. The van der Waals surface area contributed by atoms with Crippen LogP contribution >= 0.6 is 11.3 Å². The van der Waals surface area contributed by atoms with E-state index in [4.69, 9.17) is 15.5 Å². The van der Waals surface area contributed by atoms with Crippen LogP contribution in [0.2, 0.25) is 0 Å². The van der Waals surface area contributed by atoms with Crippen molar-refractivity contribution < 1.29 is 4.74 Å². The Morgan fingerprint density at radius 3 is 2.52 bits per heavy atom. The van der Waals surface area contributed by atoms with Crippen LogP contribution in [0.15, 0.2) is 29.6 Å². The largest absolute Gasteiger partial charge is 0.497 e. The molecule has 1 heterocycles. The Hall–Kier alpha value is -1.39. The highest BCUT2D eigenvalue weighted by Gasteiger charge is 2.25. The molecule has 0 amide bonds. The van der Waals surface area contributed by atoms with E-state index in [2.05, 4.69) is 26.2 Å². The van der Waals surface area contributed by atoms with Crippen molar-refractivity contribution in [3.05, 3.63) is 45.9 Å². The maximum atomic E-state index is 6.52. The van der Waals surface area contributed by atoms with Crippen molar-refractivity contribution in [2.45, 2.75) is 45.1 Å². The van der Waals surface area contributed by atoms with Crippen LogP contribution in [0.25, 0.3) is 0 Å². The number of thiazole rings is 1. The molecule has 0 fully saturated rings. The molecule has 1 unspecified atom stereocenters. The van der Waals surface area contributed by atoms with Gasteiger partial charge in [-0.15, -0.1) is 11.3 Å². The minimum absolute atomic E-state index is 0.0791. The van der Waals surface area contributed by atoms with E-state index in [0.29, 0.717) is 0 Å². The number of hydrogen-bond donors (Lipinski definition) is 1. The normalized spacial score (nSPS) is 14.8. The number of hydrogen-bond acceptors (Lipinski definition) is 4. The fourth-order valence-corrected chi connectivity index (χ4v) is 3.32. The summed E-state index contributed by atoms with van der Waals surface area (Å²) in [7, 11) is 1.67. The number of methoxy groups -OCH3 is 1. The second kappa shape index (κ2) is 5.78. The predicted molar refractivity (Wildman–Crippen MR) is 89.1 cm³/mol. The second-order valence-electron chi connectivity index (χ2n) is 6.70. The van der Waals surface area contributed by atoms with E-state index in [0.717, 1.165) is 28.4 Å². The zero-order valence-corrected chi connectivity index (χ0v) is 14.3. The minimum atomic E-state index is -0.457. The van der Waals surface area contributed by atoms with E-state index in [1.54, 1.807) is 18.4 Å². The molecule has 0 saturated heterocycles. The molecular formula is C17H24N2OS. The summed E-state index contributed by atoms with van der Waals surface area (Å²) < 4.78 is 5.28. The van der Waals surface area contributed by atoms with Gasteiger partial charge in [0.15, 0.2) is 0 Å². The molecular weight excluding hydrogens is 280 g/mol. The molecule has 0 aliphatic rings. The first-order valence-electron chi connectivity index (χ1n) is 7.11. The molecule has 1 aromatic heterocycles. The van der Waals surface area contributed by atoms with Gasteiger partial charge in [-0.25, -0.2) is 4.98 Å². The van der Waals surface area contributed by atoms with Crippen LogP contribution in [-0.4, -0.2) is 12.1 Å². The van der Waals surface area contributed by atoms with Gasteiger partial charge in [0.1, 0.15) is 5.75 Å². The van der Waals surface area contributed by atoms with Gasteiger partial charge in [0, 0.05) is 22.8 Å². The van der Waals surface area contributed by atoms with Crippen molar-refractivity contribution in [2.24, 2.45) is 5.73 Å². The van der Waals surface area contributed by atoms with Crippen molar-refractivity contribution in [1.82, 2.24) is 4.98 Å². The molecule has 2 N–H and O–H groups in total. The standard InChI is InChI=1S/C17H24N2OS/c1-16(2,3)14-11-21-15(19-14)10-17(4,18)12-7-6-8-13(9-12)20-5/h6-9,11H,10,18H2,1-5H3. The van der Waals surface area contributed by atoms with Crippen LogP contribution < -0.4 is 10.5 Å². The molecule has 0 aliphatic heterocycles. The van der Waals surface area contributed by atoms with E-state index in [1.165, 1.54) is 0 Å². The Morgan fingerprint density at radius 1 is 1.24 bits per heavy atom. The van der Waals surface area contributed by atoms with Crippen LogP contribution in [0.4, 0.5) is 0 Å². The lowest BCUT2D eigenvalue weighted by Gasteiger charge is -2.24. The van der Waals surface area contributed by atoms with Crippen molar-refractivity contribution in [1.29, 1.82) is 0 Å². The Bertz CT molecular complexity index is 611. The van der Waals surface area contributed by atoms with Gasteiger partial charge in [0.05, 0.1) is 17.8 Å². The average Bonchev–Trinajstić information content (AvgIpc) is 2.86. The third-order valence-electron chi connectivity index (χ3n) is 3.57. The molecule has 4 heteroatoms. The molecule has 0 aliphatic carbocycles. The van der Waals surface area contributed by atoms with Gasteiger partial charge < -0.3 is 10.5 Å². The molecule has 114 valence electrons. The van der Waals surface area contributed by atoms with Gasteiger partial charge in [-0.2, -0.15) is 0 Å². The molecule has 0 spiro atoms. The Morgan fingerprint density at radius 2 is 1.95 bits per heavy atom. The molecule has 0 saturated carbocycles. The average molecular weight is 304 g/mol. The number of rotatable bonds is 4. The van der Waals surface area contributed by atoms with Crippen molar-refractivity contribution >= 4 is 11.3 Å². The van der Waals surface area contributed by atoms with Gasteiger partial charge in [0.25, 0.3) is 0 Å². The van der Waals surface area contributed by atoms with E-state index < -0.39 is 5.54 Å². The molecule has 3 nitrogen and oxygen atoms in total. The first-order valence-corrected chi connectivity index (χ1v) is 7.98. The summed E-state index contributed by atoms with van der Waals surface area (Å²) in [5, 5.41) is 3.21. The first kappa shape index (κ1) is 16.0. The minimum Gasteiger partial charge on any atom is -0.497 e. The SMILES string of the molecule is COc1cccc(C(C)(N)Cc2nc(C(C)(C)C)cs2)c1. The van der Waals surface area contributed by atoms with E-state index >= 15 is 0 Å². The number of aromatic nitrogens is 1. The summed E-state index contributed by atoms with van der Waals surface area (Å²) >= 11 is 1.69. The van der Waals surface area contributed by atoms with Crippen LogP contribution in [-0.2, 0) is 17.4 Å². The van der Waals surface area contributed by atoms with Gasteiger partial charge >= 0.3 is 0 Å². The van der Waals surface area contributed by atoms with Crippen molar-refractivity contribution in [3.63, 3.8) is 0 Å². The van der Waals surface area contributed by atoms with Crippen LogP contribution in [0, 0.1) is 0 Å². The molecule has 21 heavy (non-hydrogen) atoms. The fourth-order valence-electron chi connectivity index (χ4n) is 2.13. The molecule has 0 bridgehead atoms. The highest BCUT2D eigenvalue weighted by Crippen LogP contribution is 2.29. The molecule has 2 aromatic rings. The Balaban J connectivity index is 2.22. The molecule has 2 rings (SSSR count). The Labute approximate surface area is 131 Å². The third kappa shape index (κ3) is 3.83. The predicted octanol–water partition coefficient (Wildman–Crippen LogP) is 3.87. The van der Waals surface area contributed by atoms with Gasteiger partial charge in [-0.3, -0.25) is 0 Å². The second-order valence-corrected chi connectivity index (χ2v) is 7.65. The number of benzene rings is 1. The van der Waals surface area contributed by atoms with Crippen LogP contribution in [0.5, 0.6) is 5.75 Å². The molecule has 1 atom stereocenters. The maximum absolute atomic E-state index is 6.52. The van der Waals surface area contributed by atoms with Crippen LogP contribution in [0.1, 0.15) is 44.0 Å². The summed E-state index contributed by atoms with van der Waals surface area (Å²) in [4.78, 5) is 4.74. The summed E-state index contributed by atoms with van der Waals surface area (Å²) in [6.07, 6.45) is 0.723. The quantitative estimate of drug-likeness (QED) is 0.933. The summed E-state index contributed by atoms with van der Waals surface area (Å²) in [6.45, 7) is 8.57. The fraction of sp³-hybridized carbons (Fsp3) is 0.471. The highest BCUT2D eigenvalue weighted by atomic mass is 32.1. The van der Waals surface area contributed by atoms with Gasteiger partial charge in [0.2, 0.25) is 0 Å². The lowest BCUT2D eigenvalue weighted by Crippen LogP contribution is -2.35. The lowest BCUT2D eigenvalue weighted by molar-refractivity contribution is 0.410. The third-order valence-corrected chi connectivity index (χ3v) is 4.42. The maximum Gasteiger partial charge on any atom is 0.119 e. The van der Waals surface area contributed by atoms with Gasteiger partial charge in [-0.1, -0.05) is 32.9 Å². The molecule has 1 aromatic carbocycles. The van der Waals surface area contributed by atoms with E-state index in [1.807, 2.05) is 31.2 Å². The van der Waals surface area contributed by atoms with E-state index in [9.17, 15) is 0 Å². The zero-order chi connectivity index (χ0) is 15.7. The van der Waals surface area contributed by atoms with Crippen molar-refractivity contribution in [3.8, 4) is 5.75 Å².